The minimum Gasteiger partial charge on any atom is -0.378 e. The lowest BCUT2D eigenvalue weighted by atomic mass is 10.2. The molecule has 5 N–H and O–H groups in total. The smallest absolute Gasteiger partial charge is 0.271 e. The van der Waals surface area contributed by atoms with E-state index in [-0.39, 0.29) is 17.1 Å². The number of rotatable bonds is 1. The number of anilines is 1. The van der Waals surface area contributed by atoms with Gasteiger partial charge < -0.3 is 16.8 Å². The number of thioether (sulfide) groups is 1. The third-order valence-corrected chi connectivity index (χ3v) is 3.71. The molecule has 2 aliphatic heterocycles. The predicted molar refractivity (Wildman–Crippen MR) is 61.3 cm³/mol. The fourth-order valence-electron chi connectivity index (χ4n) is 1.96. The zero-order valence-electron chi connectivity index (χ0n) is 8.25. The molecule has 0 saturated carbocycles. The van der Waals surface area contributed by atoms with Gasteiger partial charge in [0, 0.05) is 6.54 Å². The van der Waals surface area contributed by atoms with Gasteiger partial charge in [-0.2, -0.15) is 0 Å². The minimum atomic E-state index is -0.540. The third-order valence-electron chi connectivity index (χ3n) is 2.65. The summed E-state index contributed by atoms with van der Waals surface area (Å²) >= 11 is 1.53. The van der Waals surface area contributed by atoms with E-state index in [1.807, 2.05) is 0 Å². The van der Waals surface area contributed by atoms with Crippen molar-refractivity contribution in [2.75, 3.05) is 11.9 Å². The molecule has 0 aromatic carbocycles. The number of fused-ring (bicyclic) bond motifs is 3. The second-order valence-electron chi connectivity index (χ2n) is 3.63. The zero-order chi connectivity index (χ0) is 11.3. The fourth-order valence-corrected chi connectivity index (χ4v) is 2.92. The van der Waals surface area contributed by atoms with E-state index in [1.54, 1.807) is 10.9 Å². The van der Waals surface area contributed by atoms with Crippen LogP contribution >= 0.6 is 11.8 Å². The number of nitrogens with two attached hydrogens (primary N) is 2. The Balaban J connectivity index is 2.07. The summed E-state index contributed by atoms with van der Waals surface area (Å²) in [5, 5.41) is 3.96. The minimum absolute atomic E-state index is 0.0816. The lowest BCUT2D eigenvalue weighted by Crippen LogP contribution is -2.32. The molecule has 0 bridgehead atoms. The van der Waals surface area contributed by atoms with Crippen LogP contribution in [-0.2, 0) is 0 Å². The molecule has 16 heavy (non-hydrogen) atoms. The number of amides is 1. The van der Waals surface area contributed by atoms with Gasteiger partial charge in [0.2, 0.25) is 0 Å². The Morgan fingerprint density at radius 1 is 1.69 bits per heavy atom. The average Bonchev–Trinajstić information content (AvgIpc) is 2.77. The molecule has 3 rings (SSSR count). The van der Waals surface area contributed by atoms with Crippen molar-refractivity contribution in [1.82, 2.24) is 9.55 Å². The summed E-state index contributed by atoms with van der Waals surface area (Å²) in [5.41, 5.74) is 11.2. The standard InChI is InChI=1S/C8H10N6OS/c9-5(15)4-7-11-1-3-6(13-8(10)16-3)14(7)2-12-4/h2-3,6,11H,1H2,(H2,9,15)(H2,10,13)/t3-,6+/m1/s1. The maximum atomic E-state index is 11.1. The molecule has 1 aromatic heterocycles. The van der Waals surface area contributed by atoms with Crippen molar-refractivity contribution >= 4 is 28.7 Å². The van der Waals surface area contributed by atoms with E-state index in [1.165, 1.54) is 11.8 Å². The molecule has 0 radical (unpaired) electrons. The number of imidazole rings is 1. The number of aliphatic imine (C=N–C) groups is 1. The number of carbonyl (C=O) groups is 1. The van der Waals surface area contributed by atoms with Gasteiger partial charge in [0.15, 0.2) is 10.9 Å². The second kappa shape index (κ2) is 3.14. The van der Waals surface area contributed by atoms with Crippen LogP contribution in [0.4, 0.5) is 5.82 Å². The van der Waals surface area contributed by atoms with Crippen molar-refractivity contribution in [2.24, 2.45) is 16.5 Å². The van der Waals surface area contributed by atoms with Crippen LogP contribution in [0.15, 0.2) is 11.3 Å². The normalized spacial score (nSPS) is 26.6. The predicted octanol–water partition coefficient (Wildman–Crippen LogP) is -0.664. The summed E-state index contributed by atoms with van der Waals surface area (Å²) < 4.78 is 1.81. The van der Waals surface area contributed by atoms with Crippen molar-refractivity contribution < 1.29 is 4.79 Å². The first kappa shape index (κ1) is 9.52. The highest BCUT2D eigenvalue weighted by Crippen LogP contribution is 2.38. The van der Waals surface area contributed by atoms with Crippen molar-refractivity contribution in [2.45, 2.75) is 11.4 Å². The van der Waals surface area contributed by atoms with E-state index in [2.05, 4.69) is 15.3 Å². The Hall–Kier alpha value is -1.70. The molecule has 0 spiro atoms. The number of carbonyl (C=O) groups excluding carboxylic acids is 1. The summed E-state index contributed by atoms with van der Waals surface area (Å²) in [6.07, 6.45) is 1.49. The van der Waals surface area contributed by atoms with E-state index >= 15 is 0 Å². The Morgan fingerprint density at radius 3 is 3.25 bits per heavy atom. The average molecular weight is 238 g/mol. The number of nitrogens with zero attached hydrogens (tertiary/aromatic N) is 3. The van der Waals surface area contributed by atoms with Crippen LogP contribution in [0.25, 0.3) is 0 Å². The first-order valence-electron chi connectivity index (χ1n) is 4.77. The van der Waals surface area contributed by atoms with Gasteiger partial charge in [0.1, 0.15) is 12.0 Å². The van der Waals surface area contributed by atoms with E-state index < -0.39 is 5.91 Å². The molecule has 0 unspecified atom stereocenters. The van der Waals surface area contributed by atoms with Crippen molar-refractivity contribution in [3.8, 4) is 0 Å². The quantitative estimate of drug-likeness (QED) is 0.601. The Morgan fingerprint density at radius 2 is 2.50 bits per heavy atom. The van der Waals surface area contributed by atoms with Gasteiger partial charge in [-0.15, -0.1) is 0 Å². The van der Waals surface area contributed by atoms with E-state index in [0.717, 1.165) is 0 Å². The SMILES string of the molecule is NC(=O)c1ncn2c1NC[C@H]1SC(N)=N[C@H]12. The van der Waals surface area contributed by atoms with Crippen molar-refractivity contribution in [3.05, 3.63) is 12.0 Å². The molecule has 3 heterocycles. The molecule has 7 nitrogen and oxygen atoms in total. The molecule has 0 saturated heterocycles. The molecule has 1 amide bonds. The Kier molecular flexibility index (Phi) is 1.87. The van der Waals surface area contributed by atoms with Gasteiger partial charge in [0.25, 0.3) is 5.91 Å². The largest absolute Gasteiger partial charge is 0.378 e. The van der Waals surface area contributed by atoms with Gasteiger partial charge in [0.05, 0.1) is 11.6 Å². The number of hydrogen-bond acceptors (Lipinski definition) is 6. The highest BCUT2D eigenvalue weighted by molar-refractivity contribution is 8.14. The van der Waals surface area contributed by atoms with Crippen LogP contribution in [0.1, 0.15) is 16.7 Å². The van der Waals surface area contributed by atoms with Gasteiger partial charge in [-0.25, -0.2) is 9.98 Å². The highest BCUT2D eigenvalue weighted by atomic mass is 32.2. The van der Waals surface area contributed by atoms with Crippen LogP contribution in [0.5, 0.6) is 0 Å². The summed E-state index contributed by atoms with van der Waals surface area (Å²) in [4.78, 5) is 19.4. The van der Waals surface area contributed by atoms with Crippen LogP contribution in [0.2, 0.25) is 0 Å². The van der Waals surface area contributed by atoms with E-state index in [0.29, 0.717) is 17.5 Å². The molecule has 84 valence electrons. The lowest BCUT2D eigenvalue weighted by molar-refractivity contribution is 0.0996. The molecule has 2 aliphatic rings. The molecule has 1 aromatic rings. The van der Waals surface area contributed by atoms with Crippen molar-refractivity contribution in [1.29, 1.82) is 0 Å². The monoisotopic (exact) mass is 238 g/mol. The summed E-state index contributed by atoms with van der Waals surface area (Å²) in [6, 6.07) is 0. The summed E-state index contributed by atoms with van der Waals surface area (Å²) in [7, 11) is 0. The van der Waals surface area contributed by atoms with Gasteiger partial charge in [-0.3, -0.25) is 9.36 Å². The van der Waals surface area contributed by atoms with Gasteiger partial charge in [-0.1, -0.05) is 11.8 Å². The molecule has 0 aliphatic carbocycles. The number of aromatic nitrogens is 2. The van der Waals surface area contributed by atoms with Crippen LogP contribution in [0, 0.1) is 0 Å². The molecule has 0 fully saturated rings. The maximum absolute atomic E-state index is 11.1. The maximum Gasteiger partial charge on any atom is 0.271 e. The van der Waals surface area contributed by atoms with Crippen LogP contribution in [0.3, 0.4) is 0 Å². The van der Waals surface area contributed by atoms with Crippen molar-refractivity contribution in [3.63, 3.8) is 0 Å². The molecule has 8 heteroatoms. The highest BCUT2D eigenvalue weighted by Gasteiger charge is 2.36. The number of nitrogens with one attached hydrogen (secondary N) is 1. The number of primary amides is 1. The number of hydrogen-bond donors (Lipinski definition) is 3. The second-order valence-corrected chi connectivity index (χ2v) is 4.89. The third kappa shape index (κ3) is 1.19. The van der Waals surface area contributed by atoms with Crippen LogP contribution in [-0.4, -0.2) is 32.4 Å². The molecular formula is C8H10N6OS. The van der Waals surface area contributed by atoms with E-state index in [4.69, 9.17) is 11.5 Å². The van der Waals surface area contributed by atoms with Gasteiger partial charge >= 0.3 is 0 Å². The first-order chi connectivity index (χ1) is 7.66. The fraction of sp³-hybridized carbons (Fsp3) is 0.375. The topological polar surface area (TPSA) is 111 Å². The molecule has 2 atom stereocenters. The summed E-state index contributed by atoms with van der Waals surface area (Å²) in [6.45, 7) is 0.700. The zero-order valence-corrected chi connectivity index (χ0v) is 9.07. The first-order valence-corrected chi connectivity index (χ1v) is 5.65. The van der Waals surface area contributed by atoms with Gasteiger partial charge in [-0.05, 0) is 0 Å². The molecular weight excluding hydrogens is 228 g/mol. The van der Waals surface area contributed by atoms with Crippen LogP contribution < -0.4 is 16.8 Å². The summed E-state index contributed by atoms with van der Waals surface area (Å²) in [5.74, 6) is 0.0927. The Bertz CT molecular complexity index is 495. The van der Waals surface area contributed by atoms with E-state index in [9.17, 15) is 4.79 Å². The number of amidine groups is 1. The Labute approximate surface area is 95.3 Å². The lowest BCUT2D eigenvalue weighted by Gasteiger charge is -2.26.